The van der Waals surface area contributed by atoms with Gasteiger partial charge >= 0.3 is 0 Å². The monoisotopic (exact) mass is 219 g/mol. The van der Waals surface area contributed by atoms with E-state index in [0.29, 0.717) is 6.04 Å². The van der Waals surface area contributed by atoms with E-state index in [0.717, 1.165) is 12.8 Å². The van der Waals surface area contributed by atoms with Gasteiger partial charge in [-0.3, -0.25) is 0 Å². The summed E-state index contributed by atoms with van der Waals surface area (Å²) in [6.45, 7) is 6.53. The lowest BCUT2D eigenvalue weighted by Gasteiger charge is -2.10. The molecule has 0 spiro atoms. The predicted octanol–water partition coefficient (Wildman–Crippen LogP) is 3.75. The molecule has 16 heavy (non-hydrogen) atoms. The molecule has 2 N–H and O–H groups in total. The van der Waals surface area contributed by atoms with Gasteiger partial charge in [0.25, 0.3) is 0 Å². The highest BCUT2D eigenvalue weighted by atomic mass is 14.6. The van der Waals surface area contributed by atoms with Crippen molar-refractivity contribution in [2.75, 3.05) is 0 Å². The zero-order valence-corrected chi connectivity index (χ0v) is 10.9. The SMILES string of the molecule is CCCC(N)CCCc1cc(C)cc(C)c1. The fourth-order valence-electron chi connectivity index (χ4n) is 2.30. The molecule has 0 amide bonds. The first-order valence-corrected chi connectivity index (χ1v) is 6.44. The van der Waals surface area contributed by atoms with Crippen LogP contribution in [0.2, 0.25) is 0 Å². The molecule has 0 aliphatic rings. The van der Waals surface area contributed by atoms with E-state index < -0.39 is 0 Å². The van der Waals surface area contributed by atoms with Gasteiger partial charge < -0.3 is 5.73 Å². The Hall–Kier alpha value is -0.820. The van der Waals surface area contributed by atoms with E-state index in [1.165, 1.54) is 36.0 Å². The van der Waals surface area contributed by atoms with Crippen LogP contribution >= 0.6 is 0 Å². The standard InChI is InChI=1S/C15H25N/c1-4-6-15(16)8-5-7-14-10-12(2)9-13(3)11-14/h9-11,15H,4-8,16H2,1-3H3. The summed E-state index contributed by atoms with van der Waals surface area (Å²) in [5.41, 5.74) is 10.2. The van der Waals surface area contributed by atoms with Gasteiger partial charge in [-0.05, 0) is 45.1 Å². The smallest absolute Gasteiger partial charge is 0.00388 e. The lowest BCUT2D eigenvalue weighted by Crippen LogP contribution is -2.19. The molecule has 0 bridgehead atoms. The van der Waals surface area contributed by atoms with Crippen LogP contribution in [0, 0.1) is 13.8 Å². The molecule has 0 heterocycles. The summed E-state index contributed by atoms with van der Waals surface area (Å²) >= 11 is 0. The van der Waals surface area contributed by atoms with E-state index in [2.05, 4.69) is 39.0 Å². The number of hydrogen-bond acceptors (Lipinski definition) is 1. The average Bonchev–Trinajstić information content (AvgIpc) is 2.16. The number of benzene rings is 1. The minimum atomic E-state index is 0.399. The Bertz CT molecular complexity index is 297. The maximum absolute atomic E-state index is 6.01. The molecule has 1 atom stereocenters. The third-order valence-corrected chi connectivity index (χ3v) is 2.98. The van der Waals surface area contributed by atoms with Crippen LogP contribution in [0.4, 0.5) is 0 Å². The zero-order valence-electron chi connectivity index (χ0n) is 10.9. The first-order valence-electron chi connectivity index (χ1n) is 6.44. The fourth-order valence-corrected chi connectivity index (χ4v) is 2.30. The molecule has 0 fully saturated rings. The zero-order chi connectivity index (χ0) is 12.0. The van der Waals surface area contributed by atoms with Crippen molar-refractivity contribution in [1.29, 1.82) is 0 Å². The lowest BCUT2D eigenvalue weighted by molar-refractivity contribution is 0.539. The Balaban J connectivity index is 2.37. The van der Waals surface area contributed by atoms with Crippen LogP contribution in [0.5, 0.6) is 0 Å². The normalized spacial score (nSPS) is 12.8. The Labute approximate surface area is 100 Å². The van der Waals surface area contributed by atoms with Crippen molar-refractivity contribution >= 4 is 0 Å². The lowest BCUT2D eigenvalue weighted by atomic mass is 10.00. The van der Waals surface area contributed by atoms with Gasteiger partial charge in [-0.2, -0.15) is 0 Å². The van der Waals surface area contributed by atoms with Crippen molar-refractivity contribution in [3.63, 3.8) is 0 Å². The highest BCUT2D eigenvalue weighted by molar-refractivity contribution is 5.28. The largest absolute Gasteiger partial charge is 0.328 e. The summed E-state index contributed by atoms with van der Waals surface area (Å²) < 4.78 is 0. The maximum atomic E-state index is 6.01. The number of nitrogens with two attached hydrogens (primary N) is 1. The molecule has 1 aromatic carbocycles. The van der Waals surface area contributed by atoms with E-state index in [4.69, 9.17) is 5.73 Å². The molecule has 1 heteroatoms. The van der Waals surface area contributed by atoms with Gasteiger partial charge in [0.05, 0.1) is 0 Å². The summed E-state index contributed by atoms with van der Waals surface area (Å²) in [4.78, 5) is 0. The maximum Gasteiger partial charge on any atom is 0.00388 e. The highest BCUT2D eigenvalue weighted by Gasteiger charge is 2.01. The van der Waals surface area contributed by atoms with Crippen LogP contribution in [-0.4, -0.2) is 6.04 Å². The molecule has 0 aliphatic heterocycles. The van der Waals surface area contributed by atoms with Crippen LogP contribution in [0.3, 0.4) is 0 Å². The number of hydrogen-bond donors (Lipinski definition) is 1. The minimum absolute atomic E-state index is 0.399. The van der Waals surface area contributed by atoms with Crippen molar-refractivity contribution in [1.82, 2.24) is 0 Å². The summed E-state index contributed by atoms with van der Waals surface area (Å²) in [5, 5.41) is 0. The van der Waals surface area contributed by atoms with Gasteiger partial charge in [0.2, 0.25) is 0 Å². The van der Waals surface area contributed by atoms with Crippen molar-refractivity contribution in [3.05, 3.63) is 34.9 Å². The molecule has 0 radical (unpaired) electrons. The molecular weight excluding hydrogens is 194 g/mol. The Morgan fingerprint density at radius 1 is 1.06 bits per heavy atom. The molecule has 1 unspecified atom stereocenters. The van der Waals surface area contributed by atoms with Crippen LogP contribution in [0.15, 0.2) is 18.2 Å². The third kappa shape index (κ3) is 4.80. The van der Waals surface area contributed by atoms with Crippen molar-refractivity contribution in [2.24, 2.45) is 5.73 Å². The molecule has 1 nitrogen and oxygen atoms in total. The number of aryl methyl sites for hydroxylation is 3. The molecule has 1 aromatic rings. The minimum Gasteiger partial charge on any atom is -0.328 e. The second-order valence-corrected chi connectivity index (χ2v) is 4.94. The average molecular weight is 219 g/mol. The van der Waals surface area contributed by atoms with Gasteiger partial charge in [-0.15, -0.1) is 0 Å². The van der Waals surface area contributed by atoms with E-state index in [1.54, 1.807) is 0 Å². The Morgan fingerprint density at radius 3 is 2.25 bits per heavy atom. The van der Waals surface area contributed by atoms with Crippen LogP contribution in [0.25, 0.3) is 0 Å². The predicted molar refractivity (Wildman–Crippen MR) is 71.7 cm³/mol. The molecule has 0 aromatic heterocycles. The van der Waals surface area contributed by atoms with Crippen molar-refractivity contribution in [2.45, 2.75) is 58.9 Å². The van der Waals surface area contributed by atoms with Crippen molar-refractivity contribution in [3.8, 4) is 0 Å². The molecule has 0 saturated carbocycles. The molecule has 0 aliphatic carbocycles. The summed E-state index contributed by atoms with van der Waals surface area (Å²) in [7, 11) is 0. The molecular formula is C15H25N. The number of rotatable bonds is 6. The fraction of sp³-hybridized carbons (Fsp3) is 0.600. The van der Waals surface area contributed by atoms with Crippen LogP contribution < -0.4 is 5.73 Å². The summed E-state index contributed by atoms with van der Waals surface area (Å²) in [6, 6.07) is 7.21. The van der Waals surface area contributed by atoms with E-state index in [1.807, 2.05) is 0 Å². The van der Waals surface area contributed by atoms with Gasteiger partial charge in [0.1, 0.15) is 0 Å². The van der Waals surface area contributed by atoms with Gasteiger partial charge in [-0.1, -0.05) is 42.7 Å². The van der Waals surface area contributed by atoms with Crippen LogP contribution in [0.1, 0.15) is 49.3 Å². The Kier molecular flexibility index (Phi) is 5.54. The topological polar surface area (TPSA) is 26.0 Å². The Morgan fingerprint density at radius 2 is 1.69 bits per heavy atom. The molecule has 90 valence electrons. The quantitative estimate of drug-likeness (QED) is 0.774. The second kappa shape index (κ2) is 6.70. The molecule has 0 saturated heterocycles. The van der Waals surface area contributed by atoms with Gasteiger partial charge in [-0.25, -0.2) is 0 Å². The van der Waals surface area contributed by atoms with E-state index in [9.17, 15) is 0 Å². The van der Waals surface area contributed by atoms with Crippen molar-refractivity contribution < 1.29 is 0 Å². The summed E-state index contributed by atoms with van der Waals surface area (Å²) in [5.74, 6) is 0. The van der Waals surface area contributed by atoms with Gasteiger partial charge in [0, 0.05) is 6.04 Å². The first-order chi connectivity index (χ1) is 7.61. The third-order valence-electron chi connectivity index (χ3n) is 2.98. The second-order valence-electron chi connectivity index (χ2n) is 4.94. The van der Waals surface area contributed by atoms with Gasteiger partial charge in [0.15, 0.2) is 0 Å². The van der Waals surface area contributed by atoms with E-state index in [-0.39, 0.29) is 0 Å². The summed E-state index contributed by atoms with van der Waals surface area (Å²) in [6.07, 6.45) is 5.89. The highest BCUT2D eigenvalue weighted by Crippen LogP contribution is 2.12. The van der Waals surface area contributed by atoms with E-state index >= 15 is 0 Å². The first kappa shape index (κ1) is 13.2. The molecule has 1 rings (SSSR count). The van der Waals surface area contributed by atoms with Crippen LogP contribution in [-0.2, 0) is 6.42 Å².